The van der Waals surface area contributed by atoms with Gasteiger partial charge in [-0.25, -0.2) is 23.9 Å². The van der Waals surface area contributed by atoms with E-state index in [9.17, 15) is 14.4 Å². The molecular weight excluding hydrogens is 394 g/mol. The number of anilines is 1. The van der Waals surface area contributed by atoms with Crippen LogP contribution in [0.2, 0.25) is 0 Å². The zero-order valence-corrected chi connectivity index (χ0v) is 16.5. The molecule has 0 amide bonds. The standard InChI is InChI=1S/C10H13NO2.C9H8N4O4/c1-7(11)8-3-5-9(6-4-8)10(12)13-2;1-17-9(16)5-2-4(8(14)15)11-7-3-6(10)12-13(5)7/h3-7H,11H2,1-2H3;2-3H,1H3,(H2,10,12)(H,14,15)/t7-;/m0./s1. The summed E-state index contributed by atoms with van der Waals surface area (Å²) in [6.45, 7) is 1.90. The summed E-state index contributed by atoms with van der Waals surface area (Å²) in [5.41, 5.74) is 12.5. The number of ether oxygens (including phenoxy) is 2. The van der Waals surface area contributed by atoms with Crippen LogP contribution in [0.5, 0.6) is 0 Å². The Hall–Kier alpha value is -3.99. The molecule has 0 bridgehead atoms. The van der Waals surface area contributed by atoms with Crippen LogP contribution in [0, 0.1) is 0 Å². The number of carbonyl (C=O) groups excluding carboxylic acids is 2. The molecule has 0 fully saturated rings. The van der Waals surface area contributed by atoms with Crippen molar-refractivity contribution in [1.29, 1.82) is 0 Å². The van der Waals surface area contributed by atoms with Gasteiger partial charge in [-0.15, -0.1) is 5.10 Å². The number of carboxylic acid groups (broad SMARTS) is 1. The summed E-state index contributed by atoms with van der Waals surface area (Å²) < 4.78 is 10.2. The van der Waals surface area contributed by atoms with Gasteiger partial charge in [0.1, 0.15) is 5.82 Å². The minimum Gasteiger partial charge on any atom is -0.477 e. The molecule has 11 nitrogen and oxygen atoms in total. The smallest absolute Gasteiger partial charge is 0.356 e. The van der Waals surface area contributed by atoms with Crippen LogP contribution in [-0.4, -0.2) is 51.8 Å². The van der Waals surface area contributed by atoms with E-state index < -0.39 is 11.9 Å². The molecule has 0 saturated carbocycles. The predicted molar refractivity (Wildman–Crippen MR) is 106 cm³/mol. The molecule has 2 aromatic heterocycles. The summed E-state index contributed by atoms with van der Waals surface area (Å²) >= 11 is 0. The Morgan fingerprint density at radius 2 is 1.67 bits per heavy atom. The second-order valence-corrected chi connectivity index (χ2v) is 6.06. The Bertz CT molecular complexity index is 1070. The van der Waals surface area contributed by atoms with Gasteiger partial charge in [0.2, 0.25) is 0 Å². The van der Waals surface area contributed by atoms with E-state index in [0.717, 1.165) is 16.1 Å². The Labute approximate surface area is 171 Å². The lowest BCUT2D eigenvalue weighted by Gasteiger charge is -2.05. The molecule has 0 spiro atoms. The summed E-state index contributed by atoms with van der Waals surface area (Å²) in [5, 5.41) is 12.7. The van der Waals surface area contributed by atoms with Crippen molar-refractivity contribution < 1.29 is 29.0 Å². The topological polar surface area (TPSA) is 172 Å². The van der Waals surface area contributed by atoms with Gasteiger partial charge in [0.15, 0.2) is 17.0 Å². The molecule has 5 N–H and O–H groups in total. The second kappa shape index (κ2) is 9.47. The normalized spacial score (nSPS) is 11.2. The fourth-order valence-corrected chi connectivity index (χ4v) is 2.39. The van der Waals surface area contributed by atoms with Crippen molar-refractivity contribution in [1.82, 2.24) is 14.6 Å². The Kier molecular flexibility index (Phi) is 7.04. The number of nitrogens with two attached hydrogens (primary N) is 2. The Balaban J connectivity index is 0.000000222. The number of aromatic carboxylic acids is 1. The lowest BCUT2D eigenvalue weighted by molar-refractivity contribution is 0.0585. The van der Waals surface area contributed by atoms with Gasteiger partial charge < -0.3 is 26.0 Å². The van der Waals surface area contributed by atoms with Gasteiger partial charge in [-0.3, -0.25) is 0 Å². The predicted octanol–water partition coefficient (Wildman–Crippen LogP) is 1.29. The SMILES string of the molecule is COC(=O)c1cc(C(=O)O)nc2cc(N)nn12.COC(=O)c1ccc([C@H](C)N)cc1. The highest BCUT2D eigenvalue weighted by Gasteiger charge is 2.18. The quantitative estimate of drug-likeness (QED) is 0.527. The van der Waals surface area contributed by atoms with Crippen molar-refractivity contribution in [2.75, 3.05) is 20.0 Å². The highest BCUT2D eigenvalue weighted by atomic mass is 16.5. The molecule has 0 saturated heterocycles. The summed E-state index contributed by atoms with van der Waals surface area (Å²) in [4.78, 5) is 37.1. The van der Waals surface area contributed by atoms with Crippen molar-refractivity contribution in [2.45, 2.75) is 13.0 Å². The van der Waals surface area contributed by atoms with Crippen LogP contribution in [0.1, 0.15) is 49.9 Å². The monoisotopic (exact) mass is 415 g/mol. The maximum atomic E-state index is 11.5. The molecule has 30 heavy (non-hydrogen) atoms. The number of nitrogens with zero attached hydrogens (tertiary/aromatic N) is 3. The van der Waals surface area contributed by atoms with Gasteiger partial charge in [-0.2, -0.15) is 0 Å². The lowest BCUT2D eigenvalue weighted by Crippen LogP contribution is -2.13. The maximum absolute atomic E-state index is 11.5. The molecule has 3 aromatic rings. The minimum atomic E-state index is -1.25. The third-order valence-electron chi connectivity index (χ3n) is 3.92. The van der Waals surface area contributed by atoms with Crippen LogP contribution in [0.4, 0.5) is 5.82 Å². The first kappa shape index (κ1) is 22.3. The second-order valence-electron chi connectivity index (χ2n) is 6.06. The fourth-order valence-electron chi connectivity index (χ4n) is 2.39. The third kappa shape index (κ3) is 5.08. The molecule has 11 heteroatoms. The van der Waals surface area contributed by atoms with Crippen LogP contribution in [0.25, 0.3) is 5.65 Å². The van der Waals surface area contributed by atoms with Crippen molar-refractivity contribution in [3.05, 3.63) is 58.9 Å². The number of fused-ring (bicyclic) bond motifs is 1. The molecule has 158 valence electrons. The zero-order chi connectivity index (χ0) is 22.4. The highest BCUT2D eigenvalue weighted by molar-refractivity contribution is 5.93. The summed E-state index contributed by atoms with van der Waals surface area (Å²) in [7, 11) is 2.55. The maximum Gasteiger partial charge on any atom is 0.356 e. The summed E-state index contributed by atoms with van der Waals surface area (Å²) in [6, 6.07) is 9.52. The number of methoxy groups -OCH3 is 2. The average molecular weight is 415 g/mol. The fraction of sp³-hybridized carbons (Fsp3) is 0.211. The Morgan fingerprint density at radius 3 is 2.17 bits per heavy atom. The first-order chi connectivity index (χ1) is 14.2. The van der Waals surface area contributed by atoms with Gasteiger partial charge in [0, 0.05) is 18.2 Å². The van der Waals surface area contributed by atoms with Crippen LogP contribution < -0.4 is 11.5 Å². The molecular formula is C19H21N5O6. The van der Waals surface area contributed by atoms with Crippen LogP contribution in [0.3, 0.4) is 0 Å². The average Bonchev–Trinajstić information content (AvgIpc) is 3.12. The van der Waals surface area contributed by atoms with Crippen molar-refractivity contribution >= 4 is 29.4 Å². The summed E-state index contributed by atoms with van der Waals surface area (Å²) in [5.74, 6) is -2.16. The molecule has 3 rings (SSSR count). The number of carboxylic acids is 1. The first-order valence-corrected chi connectivity index (χ1v) is 8.59. The van der Waals surface area contributed by atoms with E-state index in [0.29, 0.717) is 5.56 Å². The molecule has 0 radical (unpaired) electrons. The molecule has 1 aromatic carbocycles. The van der Waals surface area contributed by atoms with Gasteiger partial charge in [-0.05, 0) is 24.6 Å². The largest absolute Gasteiger partial charge is 0.477 e. The molecule has 0 unspecified atom stereocenters. The number of aromatic nitrogens is 3. The van der Waals surface area contributed by atoms with Crippen molar-refractivity contribution in [2.24, 2.45) is 5.73 Å². The number of carbonyl (C=O) groups is 3. The van der Waals surface area contributed by atoms with Crippen LogP contribution in [-0.2, 0) is 9.47 Å². The van der Waals surface area contributed by atoms with E-state index in [1.54, 1.807) is 12.1 Å². The molecule has 1 atom stereocenters. The van der Waals surface area contributed by atoms with Gasteiger partial charge in [-0.1, -0.05) is 12.1 Å². The molecule has 0 aliphatic heterocycles. The number of nitrogen functional groups attached to an aromatic ring is 1. The molecule has 0 aliphatic carbocycles. The molecule has 0 aliphatic rings. The third-order valence-corrected chi connectivity index (χ3v) is 3.92. The van der Waals surface area contributed by atoms with E-state index in [-0.39, 0.29) is 34.9 Å². The number of hydrogen-bond donors (Lipinski definition) is 3. The van der Waals surface area contributed by atoms with E-state index in [1.807, 2.05) is 19.1 Å². The van der Waals surface area contributed by atoms with Crippen molar-refractivity contribution in [3.8, 4) is 0 Å². The van der Waals surface area contributed by atoms with Crippen LogP contribution in [0.15, 0.2) is 36.4 Å². The van der Waals surface area contributed by atoms with E-state index in [4.69, 9.17) is 16.6 Å². The summed E-state index contributed by atoms with van der Waals surface area (Å²) in [6.07, 6.45) is 0. The first-order valence-electron chi connectivity index (χ1n) is 8.59. The van der Waals surface area contributed by atoms with E-state index in [2.05, 4.69) is 19.6 Å². The number of benzene rings is 1. The van der Waals surface area contributed by atoms with E-state index in [1.165, 1.54) is 20.3 Å². The van der Waals surface area contributed by atoms with Gasteiger partial charge in [0.25, 0.3) is 0 Å². The lowest BCUT2D eigenvalue weighted by atomic mass is 10.1. The van der Waals surface area contributed by atoms with Crippen LogP contribution >= 0.6 is 0 Å². The number of rotatable bonds is 4. The molecule has 2 heterocycles. The van der Waals surface area contributed by atoms with Crippen molar-refractivity contribution in [3.63, 3.8) is 0 Å². The van der Waals surface area contributed by atoms with Gasteiger partial charge in [0.05, 0.1) is 19.8 Å². The highest BCUT2D eigenvalue weighted by Crippen LogP contribution is 2.12. The number of esters is 2. The Morgan fingerprint density at radius 1 is 1.07 bits per heavy atom. The minimum absolute atomic E-state index is 0.00769. The van der Waals surface area contributed by atoms with Gasteiger partial charge >= 0.3 is 17.9 Å². The number of hydrogen-bond acceptors (Lipinski definition) is 9. The zero-order valence-electron chi connectivity index (χ0n) is 16.5. The van der Waals surface area contributed by atoms with E-state index >= 15 is 0 Å².